The molecule has 0 saturated carbocycles. The predicted octanol–water partition coefficient (Wildman–Crippen LogP) is 3.18. The number of hydrogen-bond acceptors (Lipinski definition) is 4. The Labute approximate surface area is 118 Å². The molecule has 0 aliphatic heterocycles. The maximum absolute atomic E-state index is 11.2. The molecule has 0 fully saturated rings. The number of hydrogen-bond donors (Lipinski definition) is 3. The van der Waals surface area contributed by atoms with Crippen LogP contribution in [0.5, 0.6) is 0 Å². The standard InChI is InChI=1S/C13H12BrN3O2/c1-7-10(14)3-2-4-11(7)17-12-9(13(18)19)5-8(15)6-16-12/h2-6H,15H2,1H3,(H,16,17)(H,18,19). The Balaban J connectivity index is 2.44. The minimum absolute atomic E-state index is 0.0411. The number of benzene rings is 1. The van der Waals surface area contributed by atoms with Gasteiger partial charge in [-0.15, -0.1) is 0 Å². The third kappa shape index (κ3) is 2.85. The number of nitrogen functional groups attached to an aromatic ring is 1. The van der Waals surface area contributed by atoms with Gasteiger partial charge in [0, 0.05) is 10.2 Å². The van der Waals surface area contributed by atoms with E-state index in [1.165, 1.54) is 12.3 Å². The normalized spacial score (nSPS) is 10.2. The highest BCUT2D eigenvalue weighted by atomic mass is 79.9. The van der Waals surface area contributed by atoms with Crippen molar-refractivity contribution in [3.05, 3.63) is 46.1 Å². The molecule has 0 radical (unpaired) electrons. The Kier molecular flexibility index (Phi) is 3.71. The number of nitrogens with one attached hydrogen (secondary N) is 1. The number of pyridine rings is 1. The molecule has 0 atom stereocenters. The molecule has 6 heteroatoms. The lowest BCUT2D eigenvalue weighted by atomic mass is 10.2. The zero-order chi connectivity index (χ0) is 14.0. The van der Waals surface area contributed by atoms with Crippen LogP contribution in [0.2, 0.25) is 0 Å². The van der Waals surface area contributed by atoms with Crippen molar-refractivity contribution in [3.63, 3.8) is 0 Å². The highest BCUT2D eigenvalue weighted by molar-refractivity contribution is 9.10. The second kappa shape index (κ2) is 5.27. The molecule has 2 rings (SSSR count). The molecule has 0 bridgehead atoms. The first kappa shape index (κ1) is 13.4. The molecule has 0 amide bonds. The van der Waals surface area contributed by atoms with Gasteiger partial charge in [0.05, 0.1) is 11.9 Å². The van der Waals surface area contributed by atoms with E-state index in [1.54, 1.807) is 0 Å². The molecular weight excluding hydrogens is 310 g/mol. The first-order chi connectivity index (χ1) is 8.99. The number of carboxylic acids is 1. The lowest BCUT2D eigenvalue weighted by Crippen LogP contribution is -2.06. The molecule has 0 aliphatic carbocycles. The van der Waals surface area contributed by atoms with Crippen molar-refractivity contribution < 1.29 is 9.90 Å². The van der Waals surface area contributed by atoms with Gasteiger partial charge < -0.3 is 16.2 Å². The average Bonchev–Trinajstić information content (AvgIpc) is 2.36. The number of carboxylic acid groups (broad SMARTS) is 1. The van der Waals surface area contributed by atoms with Crippen molar-refractivity contribution in [1.29, 1.82) is 0 Å². The Bertz CT molecular complexity index is 644. The monoisotopic (exact) mass is 321 g/mol. The average molecular weight is 322 g/mol. The number of carbonyl (C=O) groups is 1. The Morgan fingerprint density at radius 1 is 1.47 bits per heavy atom. The van der Waals surface area contributed by atoms with Gasteiger partial charge in [-0.05, 0) is 30.7 Å². The number of rotatable bonds is 3. The summed E-state index contributed by atoms with van der Waals surface area (Å²) >= 11 is 3.42. The first-order valence-corrected chi connectivity index (χ1v) is 6.29. The van der Waals surface area contributed by atoms with Crippen LogP contribution in [0.4, 0.5) is 17.2 Å². The highest BCUT2D eigenvalue weighted by Crippen LogP contribution is 2.27. The quantitative estimate of drug-likeness (QED) is 0.808. The van der Waals surface area contributed by atoms with Crippen molar-refractivity contribution in [1.82, 2.24) is 4.98 Å². The zero-order valence-corrected chi connectivity index (χ0v) is 11.7. The number of aromatic carboxylic acids is 1. The van der Waals surface area contributed by atoms with Crippen LogP contribution in [-0.2, 0) is 0 Å². The second-order valence-corrected chi connectivity index (χ2v) is 4.86. The Morgan fingerprint density at radius 2 is 2.21 bits per heavy atom. The number of halogens is 1. The number of nitrogens with zero attached hydrogens (tertiary/aromatic N) is 1. The van der Waals surface area contributed by atoms with Gasteiger partial charge in [0.2, 0.25) is 0 Å². The summed E-state index contributed by atoms with van der Waals surface area (Å²) in [4.78, 5) is 15.2. The van der Waals surface area contributed by atoms with E-state index in [1.807, 2.05) is 25.1 Å². The predicted molar refractivity (Wildman–Crippen MR) is 77.8 cm³/mol. The van der Waals surface area contributed by atoms with Gasteiger partial charge in [0.1, 0.15) is 11.4 Å². The molecule has 5 nitrogen and oxygen atoms in total. The molecule has 19 heavy (non-hydrogen) atoms. The van der Waals surface area contributed by atoms with Crippen molar-refractivity contribution in [2.24, 2.45) is 0 Å². The molecule has 1 heterocycles. The van der Waals surface area contributed by atoms with Crippen LogP contribution in [0, 0.1) is 6.92 Å². The summed E-state index contributed by atoms with van der Waals surface area (Å²) in [5.74, 6) is -0.808. The second-order valence-electron chi connectivity index (χ2n) is 4.01. The smallest absolute Gasteiger partial charge is 0.339 e. The first-order valence-electron chi connectivity index (χ1n) is 5.50. The van der Waals surface area contributed by atoms with Crippen LogP contribution in [0.15, 0.2) is 34.9 Å². The molecule has 98 valence electrons. The third-order valence-electron chi connectivity index (χ3n) is 2.66. The van der Waals surface area contributed by atoms with E-state index in [-0.39, 0.29) is 11.4 Å². The fourth-order valence-corrected chi connectivity index (χ4v) is 1.98. The van der Waals surface area contributed by atoms with Gasteiger partial charge in [-0.3, -0.25) is 0 Å². The molecule has 0 unspecified atom stereocenters. The molecule has 1 aromatic heterocycles. The van der Waals surface area contributed by atoms with Crippen LogP contribution in [0.1, 0.15) is 15.9 Å². The van der Waals surface area contributed by atoms with E-state index in [4.69, 9.17) is 10.8 Å². The molecule has 2 aromatic rings. The lowest BCUT2D eigenvalue weighted by Gasteiger charge is -2.12. The SMILES string of the molecule is Cc1c(Br)cccc1Nc1ncc(N)cc1C(=O)O. The maximum atomic E-state index is 11.2. The zero-order valence-electron chi connectivity index (χ0n) is 10.1. The van der Waals surface area contributed by atoms with Crippen LogP contribution in [0.3, 0.4) is 0 Å². The molecule has 0 spiro atoms. The Morgan fingerprint density at radius 3 is 2.89 bits per heavy atom. The van der Waals surface area contributed by atoms with Gasteiger partial charge in [-0.25, -0.2) is 9.78 Å². The van der Waals surface area contributed by atoms with Crippen molar-refractivity contribution in [2.75, 3.05) is 11.1 Å². The lowest BCUT2D eigenvalue weighted by molar-refractivity contribution is 0.0697. The maximum Gasteiger partial charge on any atom is 0.339 e. The molecule has 1 aromatic carbocycles. The summed E-state index contributed by atoms with van der Waals surface area (Å²) < 4.78 is 0.935. The van der Waals surface area contributed by atoms with Crippen molar-refractivity contribution >= 4 is 39.1 Å². The number of aromatic nitrogens is 1. The van der Waals surface area contributed by atoms with Gasteiger partial charge in [-0.1, -0.05) is 22.0 Å². The van der Waals surface area contributed by atoms with Crippen LogP contribution < -0.4 is 11.1 Å². The fourth-order valence-electron chi connectivity index (χ4n) is 1.61. The molecule has 0 aliphatic rings. The highest BCUT2D eigenvalue weighted by Gasteiger charge is 2.13. The topological polar surface area (TPSA) is 88.2 Å². The minimum atomic E-state index is -1.07. The molecule has 0 saturated heterocycles. The number of nitrogens with two attached hydrogens (primary N) is 1. The largest absolute Gasteiger partial charge is 0.478 e. The van der Waals surface area contributed by atoms with E-state index < -0.39 is 5.97 Å². The van der Waals surface area contributed by atoms with E-state index in [9.17, 15) is 4.79 Å². The van der Waals surface area contributed by atoms with Gasteiger partial charge in [-0.2, -0.15) is 0 Å². The molecular formula is C13H12BrN3O2. The fraction of sp³-hybridized carbons (Fsp3) is 0.0769. The van der Waals surface area contributed by atoms with Gasteiger partial charge in [0.15, 0.2) is 0 Å². The summed E-state index contributed by atoms with van der Waals surface area (Å²) in [6, 6.07) is 7.00. The summed E-state index contributed by atoms with van der Waals surface area (Å²) in [5, 5.41) is 12.2. The van der Waals surface area contributed by atoms with Gasteiger partial charge >= 0.3 is 5.97 Å². The van der Waals surface area contributed by atoms with E-state index >= 15 is 0 Å². The van der Waals surface area contributed by atoms with Crippen LogP contribution in [-0.4, -0.2) is 16.1 Å². The van der Waals surface area contributed by atoms with E-state index in [0.717, 1.165) is 15.7 Å². The van der Waals surface area contributed by atoms with E-state index in [0.29, 0.717) is 5.69 Å². The van der Waals surface area contributed by atoms with Crippen LogP contribution in [0.25, 0.3) is 0 Å². The molecule has 4 N–H and O–H groups in total. The third-order valence-corrected chi connectivity index (χ3v) is 3.52. The van der Waals surface area contributed by atoms with Crippen LogP contribution >= 0.6 is 15.9 Å². The van der Waals surface area contributed by atoms with Gasteiger partial charge in [0.25, 0.3) is 0 Å². The minimum Gasteiger partial charge on any atom is -0.478 e. The summed E-state index contributed by atoms with van der Waals surface area (Å²) in [7, 11) is 0. The van der Waals surface area contributed by atoms with E-state index in [2.05, 4.69) is 26.2 Å². The number of anilines is 3. The Hall–Kier alpha value is -2.08. The summed E-state index contributed by atoms with van der Waals surface area (Å²) in [6.07, 6.45) is 1.42. The summed E-state index contributed by atoms with van der Waals surface area (Å²) in [5.41, 5.74) is 7.66. The summed E-state index contributed by atoms with van der Waals surface area (Å²) in [6.45, 7) is 1.92. The van der Waals surface area contributed by atoms with Crippen molar-refractivity contribution in [3.8, 4) is 0 Å². The van der Waals surface area contributed by atoms with Crippen molar-refractivity contribution in [2.45, 2.75) is 6.92 Å².